The number of para-hydroxylation sites is 2. The molecule has 1 aromatic heterocycles. The van der Waals surface area contributed by atoms with Crippen molar-refractivity contribution < 1.29 is 18.1 Å². The number of benzene rings is 3. The van der Waals surface area contributed by atoms with Gasteiger partial charge in [0.15, 0.2) is 0 Å². The third-order valence-corrected chi connectivity index (χ3v) is 4.73. The van der Waals surface area contributed by atoms with Crippen LogP contribution in [0.15, 0.2) is 91.3 Å². The highest BCUT2D eigenvalue weighted by atomic mass is 19.4. The van der Waals surface area contributed by atoms with Gasteiger partial charge in [-0.2, -0.15) is 13.2 Å². The Bertz CT molecular complexity index is 1230. The van der Waals surface area contributed by atoms with Crippen LogP contribution in [0, 0.1) is 10.1 Å². The van der Waals surface area contributed by atoms with E-state index in [0.717, 1.165) is 18.5 Å². The molecule has 0 fully saturated rings. The molecule has 0 amide bonds. The highest BCUT2D eigenvalue weighted by Crippen LogP contribution is 2.35. The van der Waals surface area contributed by atoms with E-state index >= 15 is 0 Å². The van der Waals surface area contributed by atoms with Crippen molar-refractivity contribution in [2.24, 2.45) is 0 Å². The summed E-state index contributed by atoms with van der Waals surface area (Å²) in [6.45, 7) is 0. The van der Waals surface area contributed by atoms with Gasteiger partial charge in [0, 0.05) is 5.69 Å². The van der Waals surface area contributed by atoms with Gasteiger partial charge in [0.1, 0.15) is 6.33 Å². The Labute approximate surface area is 191 Å². The van der Waals surface area contributed by atoms with Crippen molar-refractivity contribution in [1.82, 2.24) is 9.97 Å². The average molecular weight is 466 g/mol. The van der Waals surface area contributed by atoms with Gasteiger partial charge in [0.05, 0.1) is 21.9 Å². The monoisotopic (exact) mass is 466 g/mol. The minimum absolute atomic E-state index is 0.109. The first-order valence-corrected chi connectivity index (χ1v) is 9.93. The van der Waals surface area contributed by atoms with Crippen LogP contribution in [-0.2, 0) is 6.18 Å². The molecule has 0 saturated carbocycles. The van der Waals surface area contributed by atoms with Gasteiger partial charge >= 0.3 is 11.9 Å². The van der Waals surface area contributed by atoms with Crippen molar-refractivity contribution in [1.29, 1.82) is 0 Å². The van der Waals surface area contributed by atoms with E-state index in [1.54, 1.807) is 5.01 Å². The van der Waals surface area contributed by atoms with E-state index in [0.29, 0.717) is 11.4 Å². The van der Waals surface area contributed by atoms with E-state index in [-0.39, 0.29) is 17.3 Å². The molecule has 4 aromatic rings. The average Bonchev–Trinajstić information content (AvgIpc) is 2.83. The Morgan fingerprint density at radius 2 is 1.32 bits per heavy atom. The highest BCUT2D eigenvalue weighted by molar-refractivity contribution is 5.77. The fourth-order valence-electron chi connectivity index (χ4n) is 3.14. The lowest BCUT2D eigenvalue weighted by Gasteiger charge is -2.26. The Morgan fingerprint density at radius 3 is 1.82 bits per heavy atom. The number of hydrogen-bond donors (Lipinski definition) is 2. The van der Waals surface area contributed by atoms with E-state index in [4.69, 9.17) is 0 Å². The number of nitrogens with one attached hydrogen (secondary N) is 2. The summed E-state index contributed by atoms with van der Waals surface area (Å²) in [5.74, 6) is -0.287. The Kier molecular flexibility index (Phi) is 6.26. The maximum Gasteiger partial charge on any atom is 0.416 e. The molecule has 3 aromatic carbocycles. The number of alkyl halides is 3. The smallest absolute Gasteiger partial charge is 0.334 e. The molecule has 11 heteroatoms. The number of rotatable bonds is 7. The summed E-state index contributed by atoms with van der Waals surface area (Å²) < 4.78 is 38.5. The van der Waals surface area contributed by atoms with Crippen molar-refractivity contribution in [3.05, 3.63) is 107 Å². The second kappa shape index (κ2) is 9.45. The molecular weight excluding hydrogens is 449 g/mol. The van der Waals surface area contributed by atoms with Gasteiger partial charge in [-0.1, -0.05) is 36.4 Å². The van der Waals surface area contributed by atoms with Crippen molar-refractivity contribution in [3.8, 4) is 0 Å². The summed E-state index contributed by atoms with van der Waals surface area (Å²) in [6.07, 6.45) is -3.37. The van der Waals surface area contributed by atoms with Crippen LogP contribution in [0.4, 0.5) is 47.6 Å². The van der Waals surface area contributed by atoms with Gasteiger partial charge in [-0.15, -0.1) is 0 Å². The second-order valence-electron chi connectivity index (χ2n) is 7.00. The number of nitrogens with zero attached hydrogens (tertiary/aromatic N) is 4. The lowest BCUT2D eigenvalue weighted by Crippen LogP contribution is -2.26. The van der Waals surface area contributed by atoms with Gasteiger partial charge in [0.25, 0.3) is 0 Å². The molecule has 0 unspecified atom stereocenters. The van der Waals surface area contributed by atoms with Crippen LogP contribution >= 0.6 is 0 Å². The van der Waals surface area contributed by atoms with Crippen molar-refractivity contribution in [2.45, 2.75) is 6.18 Å². The van der Waals surface area contributed by atoms with Crippen LogP contribution in [-0.4, -0.2) is 14.9 Å². The van der Waals surface area contributed by atoms with Gasteiger partial charge in [-0.3, -0.25) is 20.5 Å². The molecule has 2 N–H and O–H groups in total. The zero-order chi connectivity index (χ0) is 24.1. The summed E-state index contributed by atoms with van der Waals surface area (Å²) in [4.78, 5) is 19.3. The first kappa shape index (κ1) is 22.5. The third-order valence-electron chi connectivity index (χ3n) is 4.73. The number of hydrogen-bond acceptors (Lipinski definition) is 7. The molecule has 8 nitrogen and oxygen atoms in total. The number of nitro groups is 1. The number of hydrazine groups is 1. The molecule has 0 bridgehead atoms. The molecular formula is C23H17F3N6O2. The predicted octanol–water partition coefficient (Wildman–Crippen LogP) is 6.31. The first-order chi connectivity index (χ1) is 16.3. The minimum atomic E-state index is -4.49. The quantitative estimate of drug-likeness (QED) is 0.243. The molecule has 0 aliphatic rings. The van der Waals surface area contributed by atoms with Gasteiger partial charge in [0.2, 0.25) is 11.6 Å². The van der Waals surface area contributed by atoms with E-state index in [1.165, 1.54) is 12.1 Å². The molecule has 4 rings (SSSR count). The van der Waals surface area contributed by atoms with Crippen molar-refractivity contribution in [3.63, 3.8) is 0 Å². The largest absolute Gasteiger partial charge is 0.416 e. The fraction of sp³-hybridized carbons (Fsp3) is 0.0435. The molecule has 0 radical (unpaired) electrons. The number of halogens is 3. The molecule has 0 aliphatic heterocycles. The molecule has 34 heavy (non-hydrogen) atoms. The summed E-state index contributed by atoms with van der Waals surface area (Å²) in [6, 6.07) is 22.3. The van der Waals surface area contributed by atoms with Crippen molar-refractivity contribution >= 4 is 34.4 Å². The van der Waals surface area contributed by atoms with Gasteiger partial charge < -0.3 is 5.32 Å². The van der Waals surface area contributed by atoms with Crippen molar-refractivity contribution in [2.75, 3.05) is 15.8 Å². The SMILES string of the molecule is O=[N+]([O-])c1c(Nc2ccc(C(F)(F)F)cc2)ncnc1NN(c1ccccc1)c1ccccc1. The maximum atomic E-state index is 12.8. The van der Waals surface area contributed by atoms with Crippen LogP contribution in [0.5, 0.6) is 0 Å². The number of aromatic nitrogens is 2. The summed E-state index contributed by atoms with van der Waals surface area (Å²) in [5, 5.41) is 16.3. The first-order valence-electron chi connectivity index (χ1n) is 9.93. The lowest BCUT2D eigenvalue weighted by atomic mass is 10.2. The van der Waals surface area contributed by atoms with Gasteiger partial charge in [-0.25, -0.2) is 9.97 Å². The second-order valence-corrected chi connectivity index (χ2v) is 7.00. The summed E-state index contributed by atoms with van der Waals surface area (Å²) in [7, 11) is 0. The van der Waals surface area contributed by atoms with Crippen LogP contribution in [0.25, 0.3) is 0 Å². The number of anilines is 5. The van der Waals surface area contributed by atoms with E-state index < -0.39 is 22.4 Å². The fourth-order valence-corrected chi connectivity index (χ4v) is 3.14. The van der Waals surface area contributed by atoms with Crippen LogP contribution in [0.3, 0.4) is 0 Å². The molecule has 0 saturated heterocycles. The van der Waals surface area contributed by atoms with Gasteiger partial charge in [-0.05, 0) is 48.5 Å². The van der Waals surface area contributed by atoms with Crippen LogP contribution in [0.2, 0.25) is 0 Å². The van der Waals surface area contributed by atoms with Crippen LogP contribution < -0.4 is 15.8 Å². The summed E-state index contributed by atoms with van der Waals surface area (Å²) in [5.41, 5.74) is 3.25. The highest BCUT2D eigenvalue weighted by Gasteiger charge is 2.30. The molecule has 0 atom stereocenters. The predicted molar refractivity (Wildman–Crippen MR) is 122 cm³/mol. The maximum absolute atomic E-state index is 12.8. The Morgan fingerprint density at radius 1 is 0.794 bits per heavy atom. The lowest BCUT2D eigenvalue weighted by molar-refractivity contribution is -0.383. The topological polar surface area (TPSA) is 96.2 Å². The third kappa shape index (κ3) is 5.04. The Balaban J connectivity index is 1.70. The zero-order valence-electron chi connectivity index (χ0n) is 17.4. The molecule has 172 valence electrons. The molecule has 0 aliphatic carbocycles. The van der Waals surface area contributed by atoms with E-state index in [1.807, 2.05) is 60.7 Å². The minimum Gasteiger partial charge on any atom is -0.334 e. The van der Waals surface area contributed by atoms with Crippen LogP contribution in [0.1, 0.15) is 5.56 Å². The zero-order valence-corrected chi connectivity index (χ0v) is 17.4. The van der Waals surface area contributed by atoms with E-state index in [2.05, 4.69) is 20.7 Å². The standard InChI is InChI=1S/C23H17F3N6O2/c24-23(25,26)16-11-13-17(14-12-16)29-21-20(32(33)34)22(28-15-27-21)30-31(18-7-3-1-4-8-18)19-9-5-2-6-10-19/h1-15H,(H2,27,28,29,30). The Hall–Kier alpha value is -4.67. The van der Waals surface area contributed by atoms with E-state index in [9.17, 15) is 23.3 Å². The molecule has 1 heterocycles. The molecule has 0 spiro atoms. The normalized spacial score (nSPS) is 11.0. The summed E-state index contributed by atoms with van der Waals surface area (Å²) >= 11 is 0.